The minimum atomic E-state index is -1.02. The molecule has 0 bridgehead atoms. The SMILES string of the molecule is Cc1cccc(Sc2ccc3c(c2)N(C)C(=O)C3O)c1. The highest BCUT2D eigenvalue weighted by Crippen LogP contribution is 2.39. The van der Waals surface area contributed by atoms with Crippen molar-refractivity contribution < 1.29 is 9.90 Å². The second-order valence-corrected chi connectivity index (χ2v) is 6.09. The first-order valence-electron chi connectivity index (χ1n) is 6.40. The van der Waals surface area contributed by atoms with Gasteiger partial charge in [0.25, 0.3) is 5.91 Å². The van der Waals surface area contributed by atoms with Gasteiger partial charge in [-0.05, 0) is 31.2 Å². The van der Waals surface area contributed by atoms with Crippen LogP contribution < -0.4 is 4.90 Å². The molecule has 0 aromatic heterocycles. The third kappa shape index (κ3) is 2.21. The Morgan fingerprint density at radius 3 is 2.65 bits per heavy atom. The molecular weight excluding hydrogens is 270 g/mol. The van der Waals surface area contributed by atoms with E-state index in [-0.39, 0.29) is 5.91 Å². The van der Waals surface area contributed by atoms with Gasteiger partial charge in [-0.15, -0.1) is 0 Å². The van der Waals surface area contributed by atoms with Crippen LogP contribution in [0.3, 0.4) is 0 Å². The summed E-state index contributed by atoms with van der Waals surface area (Å²) in [5.74, 6) is -0.266. The van der Waals surface area contributed by atoms with Crippen molar-refractivity contribution in [3.63, 3.8) is 0 Å². The van der Waals surface area contributed by atoms with E-state index in [2.05, 4.69) is 25.1 Å². The van der Waals surface area contributed by atoms with Crippen molar-refractivity contribution in [2.75, 3.05) is 11.9 Å². The van der Waals surface area contributed by atoms with Crippen LogP contribution in [0.2, 0.25) is 0 Å². The van der Waals surface area contributed by atoms with E-state index in [0.717, 1.165) is 15.5 Å². The summed E-state index contributed by atoms with van der Waals surface area (Å²) in [4.78, 5) is 15.5. The molecule has 1 atom stereocenters. The van der Waals surface area contributed by atoms with Crippen molar-refractivity contribution in [2.45, 2.75) is 22.8 Å². The van der Waals surface area contributed by atoms with Crippen molar-refractivity contribution in [1.29, 1.82) is 0 Å². The Morgan fingerprint density at radius 2 is 1.90 bits per heavy atom. The molecule has 2 aromatic rings. The summed E-state index contributed by atoms with van der Waals surface area (Å²) in [7, 11) is 1.69. The van der Waals surface area contributed by atoms with E-state index in [4.69, 9.17) is 0 Å². The number of aliphatic hydroxyl groups excluding tert-OH is 1. The molecule has 3 rings (SSSR count). The topological polar surface area (TPSA) is 40.5 Å². The molecule has 4 heteroatoms. The number of likely N-dealkylation sites (N-methyl/N-ethyl adjacent to an activating group) is 1. The van der Waals surface area contributed by atoms with Crippen molar-refractivity contribution in [3.05, 3.63) is 53.6 Å². The molecule has 0 fully saturated rings. The van der Waals surface area contributed by atoms with Gasteiger partial charge in [0.15, 0.2) is 6.10 Å². The summed E-state index contributed by atoms with van der Waals surface area (Å²) in [5.41, 5.74) is 2.70. The standard InChI is InChI=1S/C16H15NO2S/c1-10-4-3-5-11(8-10)20-12-6-7-13-14(9-12)17(2)16(19)15(13)18/h3-9,15,18H,1-2H3. The summed E-state index contributed by atoms with van der Waals surface area (Å²) in [5, 5.41) is 9.84. The molecule has 2 aromatic carbocycles. The van der Waals surface area contributed by atoms with Crippen molar-refractivity contribution in [1.82, 2.24) is 0 Å². The van der Waals surface area contributed by atoms with Gasteiger partial charge in [-0.2, -0.15) is 0 Å². The van der Waals surface area contributed by atoms with Crippen LogP contribution >= 0.6 is 11.8 Å². The number of rotatable bonds is 2. The highest BCUT2D eigenvalue weighted by atomic mass is 32.2. The molecule has 1 aliphatic heterocycles. The number of carbonyl (C=O) groups excluding carboxylic acids is 1. The van der Waals surface area contributed by atoms with Gasteiger partial charge in [-0.3, -0.25) is 4.79 Å². The second kappa shape index (κ2) is 4.96. The smallest absolute Gasteiger partial charge is 0.260 e. The van der Waals surface area contributed by atoms with Gasteiger partial charge in [0, 0.05) is 22.4 Å². The molecule has 0 saturated heterocycles. The number of hydrogen-bond acceptors (Lipinski definition) is 3. The number of nitrogens with zero attached hydrogens (tertiary/aromatic N) is 1. The lowest BCUT2D eigenvalue weighted by Gasteiger charge is -2.11. The van der Waals surface area contributed by atoms with Gasteiger partial charge < -0.3 is 10.0 Å². The molecule has 0 spiro atoms. The lowest BCUT2D eigenvalue weighted by Crippen LogP contribution is -2.23. The van der Waals surface area contributed by atoms with Crippen LogP contribution in [0.25, 0.3) is 0 Å². The molecule has 1 aliphatic rings. The van der Waals surface area contributed by atoms with Gasteiger partial charge in [0.1, 0.15) is 0 Å². The van der Waals surface area contributed by atoms with Gasteiger partial charge in [0.05, 0.1) is 5.69 Å². The third-order valence-corrected chi connectivity index (χ3v) is 4.43. The first-order valence-corrected chi connectivity index (χ1v) is 7.22. The zero-order valence-corrected chi connectivity index (χ0v) is 12.1. The van der Waals surface area contributed by atoms with Crippen LogP contribution in [-0.4, -0.2) is 18.1 Å². The minimum Gasteiger partial charge on any atom is -0.378 e. The van der Waals surface area contributed by atoms with E-state index in [1.807, 2.05) is 24.3 Å². The number of aliphatic hydroxyl groups is 1. The molecule has 1 unspecified atom stereocenters. The molecule has 3 nitrogen and oxygen atoms in total. The molecule has 1 N–H and O–H groups in total. The highest BCUT2D eigenvalue weighted by Gasteiger charge is 2.33. The van der Waals surface area contributed by atoms with E-state index in [9.17, 15) is 9.90 Å². The average Bonchev–Trinajstić information content (AvgIpc) is 2.64. The van der Waals surface area contributed by atoms with Gasteiger partial charge in [0.2, 0.25) is 0 Å². The van der Waals surface area contributed by atoms with Crippen LogP contribution in [0.1, 0.15) is 17.2 Å². The Kier molecular flexibility index (Phi) is 3.28. The average molecular weight is 285 g/mol. The summed E-state index contributed by atoms with van der Waals surface area (Å²) in [6.07, 6.45) is -1.02. The number of fused-ring (bicyclic) bond motifs is 1. The predicted molar refractivity (Wildman–Crippen MR) is 80.1 cm³/mol. The van der Waals surface area contributed by atoms with Crippen molar-refractivity contribution in [3.8, 4) is 0 Å². The molecule has 0 saturated carbocycles. The normalized spacial score (nSPS) is 17.4. The van der Waals surface area contributed by atoms with Crippen LogP contribution in [0.15, 0.2) is 52.3 Å². The van der Waals surface area contributed by atoms with Crippen LogP contribution in [-0.2, 0) is 4.79 Å². The number of anilines is 1. The maximum Gasteiger partial charge on any atom is 0.260 e. The molecule has 20 heavy (non-hydrogen) atoms. The highest BCUT2D eigenvalue weighted by molar-refractivity contribution is 7.99. The van der Waals surface area contributed by atoms with Crippen LogP contribution in [0.5, 0.6) is 0 Å². The Morgan fingerprint density at radius 1 is 1.15 bits per heavy atom. The fourth-order valence-electron chi connectivity index (χ4n) is 2.36. The van der Waals surface area contributed by atoms with E-state index < -0.39 is 6.10 Å². The maximum absolute atomic E-state index is 11.7. The van der Waals surface area contributed by atoms with Gasteiger partial charge >= 0.3 is 0 Å². The largest absolute Gasteiger partial charge is 0.378 e. The third-order valence-electron chi connectivity index (χ3n) is 3.45. The predicted octanol–water partition coefficient (Wildman–Crippen LogP) is 3.16. The summed E-state index contributed by atoms with van der Waals surface area (Å²) in [6, 6.07) is 14.0. The Bertz CT molecular complexity index is 684. The van der Waals surface area contributed by atoms with Crippen LogP contribution in [0.4, 0.5) is 5.69 Å². The summed E-state index contributed by atoms with van der Waals surface area (Å²) >= 11 is 1.65. The Labute approximate surface area is 122 Å². The van der Waals surface area contributed by atoms with Gasteiger partial charge in [-0.25, -0.2) is 0 Å². The van der Waals surface area contributed by atoms with E-state index in [1.54, 1.807) is 18.8 Å². The Balaban J connectivity index is 1.92. The van der Waals surface area contributed by atoms with Crippen LogP contribution in [0, 0.1) is 6.92 Å². The molecule has 1 heterocycles. The zero-order chi connectivity index (χ0) is 14.3. The fourth-order valence-corrected chi connectivity index (χ4v) is 3.33. The van der Waals surface area contributed by atoms with Crippen molar-refractivity contribution >= 4 is 23.4 Å². The number of hydrogen-bond donors (Lipinski definition) is 1. The molecule has 102 valence electrons. The van der Waals surface area contributed by atoms with E-state index >= 15 is 0 Å². The Hall–Kier alpha value is -1.78. The number of aryl methyl sites for hydroxylation is 1. The second-order valence-electron chi connectivity index (χ2n) is 4.94. The van der Waals surface area contributed by atoms with E-state index in [0.29, 0.717) is 5.56 Å². The maximum atomic E-state index is 11.7. The summed E-state index contributed by atoms with van der Waals surface area (Å²) < 4.78 is 0. The monoisotopic (exact) mass is 285 g/mol. The first kappa shape index (κ1) is 13.2. The lowest BCUT2D eigenvalue weighted by atomic mass is 10.1. The van der Waals surface area contributed by atoms with E-state index in [1.165, 1.54) is 10.5 Å². The summed E-state index contributed by atoms with van der Waals surface area (Å²) in [6.45, 7) is 2.07. The zero-order valence-electron chi connectivity index (χ0n) is 11.3. The minimum absolute atomic E-state index is 0.266. The number of amides is 1. The van der Waals surface area contributed by atoms with Gasteiger partial charge in [-0.1, -0.05) is 35.5 Å². The molecule has 0 aliphatic carbocycles. The fraction of sp³-hybridized carbons (Fsp3) is 0.188. The number of carbonyl (C=O) groups is 1. The molecular formula is C16H15NO2S. The lowest BCUT2D eigenvalue weighted by molar-refractivity contribution is -0.125. The molecule has 1 amide bonds. The number of benzene rings is 2. The quantitative estimate of drug-likeness (QED) is 0.921. The molecule has 0 radical (unpaired) electrons. The van der Waals surface area contributed by atoms with Crippen molar-refractivity contribution in [2.24, 2.45) is 0 Å². The first-order chi connectivity index (χ1) is 9.56.